The summed E-state index contributed by atoms with van der Waals surface area (Å²) < 4.78 is 0. The quantitative estimate of drug-likeness (QED) is 0.762. The van der Waals surface area contributed by atoms with E-state index in [0.29, 0.717) is 31.0 Å². The van der Waals surface area contributed by atoms with Crippen molar-refractivity contribution >= 4 is 35.9 Å². The van der Waals surface area contributed by atoms with Crippen molar-refractivity contribution in [2.24, 2.45) is 0 Å². The molecule has 136 valence electrons. The van der Waals surface area contributed by atoms with Gasteiger partial charge in [-0.3, -0.25) is 9.59 Å². The molecule has 6 heteroatoms. The lowest BCUT2D eigenvalue weighted by molar-refractivity contribution is -0.144. The van der Waals surface area contributed by atoms with E-state index in [-0.39, 0.29) is 17.9 Å². The Kier molecular flexibility index (Phi) is 4.85. The van der Waals surface area contributed by atoms with Gasteiger partial charge in [-0.1, -0.05) is 35.9 Å². The van der Waals surface area contributed by atoms with Gasteiger partial charge in [-0.25, -0.2) is 0 Å². The van der Waals surface area contributed by atoms with Crippen LogP contribution in [0.15, 0.2) is 29.8 Å². The van der Waals surface area contributed by atoms with Crippen molar-refractivity contribution in [2.75, 3.05) is 18.2 Å². The number of hydrogen-bond donors (Lipinski definition) is 0. The maximum Gasteiger partial charge on any atom is 0.246 e. The third-order valence-corrected chi connectivity index (χ3v) is 6.47. The molecule has 0 N–H and O–H groups in total. The van der Waals surface area contributed by atoms with Crippen LogP contribution in [0, 0.1) is 0 Å². The standard InChI is InChI=1S/C20H22N2O3S/c23-11-17-12-26-13-22(17)20(25)18-6-3-7-21(18)19(24)10-14-8-15-4-1-2-5-16(15)9-14/h1-2,4-5,8,11,17-18H,3,6-7,9-10,12-13H2/t17-,18+/m1/s1. The summed E-state index contributed by atoms with van der Waals surface area (Å²) in [6.07, 6.45) is 5.65. The molecule has 26 heavy (non-hydrogen) atoms. The van der Waals surface area contributed by atoms with Crippen molar-refractivity contribution in [2.45, 2.75) is 37.8 Å². The molecule has 3 aliphatic rings. The Labute approximate surface area is 157 Å². The number of fused-ring (bicyclic) bond motifs is 1. The van der Waals surface area contributed by atoms with Gasteiger partial charge in [-0.2, -0.15) is 0 Å². The van der Waals surface area contributed by atoms with Crippen LogP contribution < -0.4 is 0 Å². The third kappa shape index (κ3) is 3.18. The minimum atomic E-state index is -0.409. The highest BCUT2D eigenvalue weighted by Gasteiger charge is 2.40. The van der Waals surface area contributed by atoms with Gasteiger partial charge in [0, 0.05) is 18.7 Å². The van der Waals surface area contributed by atoms with Crippen molar-refractivity contribution in [3.63, 3.8) is 0 Å². The Morgan fingerprint density at radius 1 is 1.23 bits per heavy atom. The molecule has 1 aliphatic carbocycles. The molecule has 4 rings (SSSR count). The van der Waals surface area contributed by atoms with Gasteiger partial charge in [0.25, 0.3) is 0 Å². The van der Waals surface area contributed by atoms with E-state index in [2.05, 4.69) is 18.2 Å². The van der Waals surface area contributed by atoms with E-state index < -0.39 is 6.04 Å². The topological polar surface area (TPSA) is 57.7 Å². The number of benzene rings is 1. The summed E-state index contributed by atoms with van der Waals surface area (Å²) in [5.41, 5.74) is 3.55. The smallest absolute Gasteiger partial charge is 0.246 e. The van der Waals surface area contributed by atoms with Crippen LogP contribution in [-0.2, 0) is 20.8 Å². The monoisotopic (exact) mass is 370 g/mol. The Morgan fingerprint density at radius 3 is 2.88 bits per heavy atom. The Balaban J connectivity index is 1.43. The average molecular weight is 370 g/mol. The molecule has 0 spiro atoms. The number of nitrogens with zero attached hydrogens (tertiary/aromatic N) is 2. The van der Waals surface area contributed by atoms with Gasteiger partial charge in [0.1, 0.15) is 12.3 Å². The summed E-state index contributed by atoms with van der Waals surface area (Å²) in [6, 6.07) is 7.43. The second-order valence-corrected chi connectivity index (χ2v) is 8.11. The van der Waals surface area contributed by atoms with Crippen molar-refractivity contribution in [3.8, 4) is 0 Å². The molecular formula is C20H22N2O3S. The zero-order chi connectivity index (χ0) is 18.1. The summed E-state index contributed by atoms with van der Waals surface area (Å²) in [7, 11) is 0. The third-order valence-electron chi connectivity index (χ3n) is 5.43. The summed E-state index contributed by atoms with van der Waals surface area (Å²) in [4.78, 5) is 40.3. The van der Waals surface area contributed by atoms with E-state index >= 15 is 0 Å². The summed E-state index contributed by atoms with van der Waals surface area (Å²) >= 11 is 1.59. The largest absolute Gasteiger partial charge is 0.330 e. The van der Waals surface area contributed by atoms with Gasteiger partial charge in [-0.15, -0.1) is 11.8 Å². The molecule has 0 saturated carbocycles. The van der Waals surface area contributed by atoms with Crippen LogP contribution in [-0.4, -0.2) is 58.2 Å². The van der Waals surface area contributed by atoms with Crippen molar-refractivity contribution in [1.29, 1.82) is 0 Å². The lowest BCUT2D eigenvalue weighted by atomic mass is 10.1. The fourth-order valence-electron chi connectivity index (χ4n) is 4.07. The maximum absolute atomic E-state index is 12.9. The van der Waals surface area contributed by atoms with E-state index in [9.17, 15) is 14.4 Å². The molecule has 0 aromatic heterocycles. The normalized spacial score (nSPS) is 24.5. The van der Waals surface area contributed by atoms with E-state index in [0.717, 1.165) is 24.7 Å². The second-order valence-electron chi connectivity index (χ2n) is 7.11. The molecule has 0 bridgehead atoms. The van der Waals surface area contributed by atoms with Crippen LogP contribution in [0.5, 0.6) is 0 Å². The van der Waals surface area contributed by atoms with E-state index in [4.69, 9.17) is 0 Å². The van der Waals surface area contributed by atoms with Gasteiger partial charge in [-0.05, 0) is 30.4 Å². The summed E-state index contributed by atoms with van der Waals surface area (Å²) in [5.74, 6) is 1.15. The molecule has 2 saturated heterocycles. The number of carbonyl (C=O) groups excluding carboxylic acids is 3. The van der Waals surface area contributed by atoms with E-state index in [1.165, 1.54) is 11.1 Å². The predicted octanol–water partition coefficient (Wildman–Crippen LogP) is 2.11. The van der Waals surface area contributed by atoms with Gasteiger partial charge in [0.15, 0.2) is 0 Å². The first-order valence-corrected chi connectivity index (χ1v) is 10.2. The first-order valence-electron chi connectivity index (χ1n) is 9.07. The van der Waals surface area contributed by atoms with Crippen LogP contribution in [0.4, 0.5) is 0 Å². The summed E-state index contributed by atoms with van der Waals surface area (Å²) in [5, 5.41) is 0. The number of carbonyl (C=O) groups is 3. The molecule has 2 heterocycles. The molecule has 2 atom stereocenters. The molecule has 2 amide bonds. The lowest BCUT2D eigenvalue weighted by Gasteiger charge is -2.29. The number of amides is 2. The molecule has 0 radical (unpaired) electrons. The Hall–Kier alpha value is -2.08. The van der Waals surface area contributed by atoms with Gasteiger partial charge >= 0.3 is 0 Å². The van der Waals surface area contributed by atoms with Crippen LogP contribution in [0.25, 0.3) is 6.08 Å². The molecule has 1 aromatic carbocycles. The first kappa shape index (κ1) is 17.3. The Morgan fingerprint density at radius 2 is 2.08 bits per heavy atom. The molecule has 5 nitrogen and oxygen atoms in total. The van der Waals surface area contributed by atoms with Crippen LogP contribution >= 0.6 is 11.8 Å². The Bertz CT molecular complexity index is 776. The number of hydrogen-bond acceptors (Lipinski definition) is 4. The molecule has 1 aromatic rings. The van der Waals surface area contributed by atoms with Gasteiger partial charge in [0.05, 0.1) is 11.9 Å². The van der Waals surface area contributed by atoms with Crippen LogP contribution in [0.3, 0.4) is 0 Å². The van der Waals surface area contributed by atoms with Crippen molar-refractivity contribution in [3.05, 3.63) is 41.0 Å². The van der Waals surface area contributed by atoms with Crippen LogP contribution in [0.2, 0.25) is 0 Å². The molecule has 0 unspecified atom stereocenters. The molecule has 2 aliphatic heterocycles. The number of thioether (sulfide) groups is 1. The summed E-state index contributed by atoms with van der Waals surface area (Å²) in [6.45, 7) is 0.627. The minimum absolute atomic E-state index is 0.0226. The number of rotatable bonds is 4. The fraction of sp³-hybridized carbons (Fsp3) is 0.450. The minimum Gasteiger partial charge on any atom is -0.330 e. The van der Waals surface area contributed by atoms with Crippen molar-refractivity contribution in [1.82, 2.24) is 9.80 Å². The van der Waals surface area contributed by atoms with Crippen molar-refractivity contribution < 1.29 is 14.4 Å². The predicted molar refractivity (Wildman–Crippen MR) is 101 cm³/mol. The van der Waals surface area contributed by atoms with Gasteiger partial charge < -0.3 is 14.6 Å². The first-order chi connectivity index (χ1) is 12.7. The SMILES string of the molecule is O=C[C@@H]1CSCN1C(=O)[C@@H]1CCCN1C(=O)CC1=Cc2ccccc2C1. The molecule has 2 fully saturated rings. The number of likely N-dealkylation sites (tertiary alicyclic amines) is 1. The highest BCUT2D eigenvalue weighted by molar-refractivity contribution is 7.99. The van der Waals surface area contributed by atoms with E-state index in [1.807, 2.05) is 12.1 Å². The zero-order valence-corrected chi connectivity index (χ0v) is 15.4. The maximum atomic E-state index is 12.9. The fourth-order valence-corrected chi connectivity index (χ4v) is 5.19. The zero-order valence-electron chi connectivity index (χ0n) is 14.6. The highest BCUT2D eigenvalue weighted by atomic mass is 32.2. The van der Waals surface area contributed by atoms with Crippen LogP contribution in [0.1, 0.15) is 30.4 Å². The average Bonchev–Trinajstić information content (AvgIpc) is 3.38. The highest BCUT2D eigenvalue weighted by Crippen LogP contribution is 2.30. The number of aldehydes is 1. The lowest BCUT2D eigenvalue weighted by Crippen LogP contribution is -2.50. The van der Waals surface area contributed by atoms with Gasteiger partial charge in [0.2, 0.25) is 11.8 Å². The van der Waals surface area contributed by atoms with E-state index in [1.54, 1.807) is 21.6 Å². The molecular weight excluding hydrogens is 348 g/mol. The second kappa shape index (κ2) is 7.27.